The Labute approximate surface area is 90.2 Å². The van der Waals surface area contributed by atoms with Crippen molar-refractivity contribution in [1.29, 1.82) is 0 Å². The number of carbonyl (C=O) groups is 2. The minimum atomic E-state index is -0.485. The second-order valence-corrected chi connectivity index (χ2v) is 4.08. The third kappa shape index (κ3) is 3.87. The Kier molecular flexibility index (Phi) is 4.55. The molecule has 0 aromatic carbocycles. The average molecular weight is 213 g/mol. The predicted octanol–water partition coefficient (Wildman–Crippen LogP) is -0.810. The van der Waals surface area contributed by atoms with Crippen LogP contribution in [-0.4, -0.2) is 50.4 Å². The molecule has 1 aliphatic rings. The van der Waals surface area contributed by atoms with E-state index in [1.54, 1.807) is 0 Å². The van der Waals surface area contributed by atoms with E-state index in [2.05, 4.69) is 10.6 Å². The van der Waals surface area contributed by atoms with Gasteiger partial charge in [0, 0.05) is 19.6 Å². The van der Waals surface area contributed by atoms with Crippen LogP contribution >= 0.6 is 0 Å². The standard InChI is InChI=1S/C10H19N3O2/c1-13(2)7-6-12-10(15)8-4-3-5-11-9(8)14/h8H,3-7H2,1-2H3,(H,11,14)(H,12,15)/t8-/m0/s1. The molecule has 2 amide bonds. The molecule has 0 saturated carbocycles. The zero-order valence-corrected chi connectivity index (χ0v) is 9.38. The van der Waals surface area contributed by atoms with Gasteiger partial charge in [-0.1, -0.05) is 0 Å². The number of hydrogen-bond donors (Lipinski definition) is 2. The lowest BCUT2D eigenvalue weighted by Crippen LogP contribution is -2.46. The summed E-state index contributed by atoms with van der Waals surface area (Å²) in [4.78, 5) is 24.9. The van der Waals surface area contributed by atoms with Crippen molar-refractivity contribution in [3.63, 3.8) is 0 Å². The van der Waals surface area contributed by atoms with Gasteiger partial charge in [0.05, 0.1) is 0 Å². The Balaban J connectivity index is 2.29. The molecule has 0 aromatic heterocycles. The van der Waals surface area contributed by atoms with Crippen molar-refractivity contribution < 1.29 is 9.59 Å². The Morgan fingerprint density at radius 1 is 1.60 bits per heavy atom. The summed E-state index contributed by atoms with van der Waals surface area (Å²) in [5, 5.41) is 5.47. The lowest BCUT2D eigenvalue weighted by Gasteiger charge is -2.21. The summed E-state index contributed by atoms with van der Waals surface area (Å²) in [5.74, 6) is -0.765. The summed E-state index contributed by atoms with van der Waals surface area (Å²) in [7, 11) is 3.89. The highest BCUT2D eigenvalue weighted by atomic mass is 16.2. The van der Waals surface area contributed by atoms with Crippen LogP contribution in [0.1, 0.15) is 12.8 Å². The van der Waals surface area contributed by atoms with Crippen molar-refractivity contribution in [1.82, 2.24) is 15.5 Å². The lowest BCUT2D eigenvalue weighted by atomic mass is 9.98. The summed E-state index contributed by atoms with van der Waals surface area (Å²) < 4.78 is 0. The van der Waals surface area contributed by atoms with Gasteiger partial charge in [-0.25, -0.2) is 0 Å². The van der Waals surface area contributed by atoms with Crippen LogP contribution in [0.2, 0.25) is 0 Å². The summed E-state index contributed by atoms with van der Waals surface area (Å²) in [5.41, 5.74) is 0. The molecule has 0 radical (unpaired) electrons. The van der Waals surface area contributed by atoms with Crippen LogP contribution in [0.15, 0.2) is 0 Å². The highest BCUT2D eigenvalue weighted by Crippen LogP contribution is 2.10. The molecule has 1 saturated heterocycles. The lowest BCUT2D eigenvalue weighted by molar-refractivity contribution is -0.136. The van der Waals surface area contributed by atoms with E-state index in [1.165, 1.54) is 0 Å². The Hall–Kier alpha value is -1.10. The van der Waals surface area contributed by atoms with Gasteiger partial charge >= 0.3 is 0 Å². The zero-order chi connectivity index (χ0) is 11.3. The molecule has 1 rings (SSSR count). The summed E-state index contributed by atoms with van der Waals surface area (Å²) >= 11 is 0. The number of amides is 2. The first-order valence-corrected chi connectivity index (χ1v) is 5.31. The van der Waals surface area contributed by atoms with Crippen molar-refractivity contribution in [3.8, 4) is 0 Å². The number of nitrogens with one attached hydrogen (secondary N) is 2. The molecule has 0 aromatic rings. The van der Waals surface area contributed by atoms with E-state index in [0.717, 1.165) is 13.0 Å². The van der Waals surface area contributed by atoms with Gasteiger partial charge in [-0.15, -0.1) is 0 Å². The molecule has 2 N–H and O–H groups in total. The second-order valence-electron chi connectivity index (χ2n) is 4.08. The number of piperidine rings is 1. The minimum absolute atomic E-state index is 0.136. The van der Waals surface area contributed by atoms with Crippen molar-refractivity contribution in [2.24, 2.45) is 5.92 Å². The molecule has 5 nitrogen and oxygen atoms in total. The number of carbonyl (C=O) groups excluding carboxylic acids is 2. The maximum Gasteiger partial charge on any atom is 0.232 e. The minimum Gasteiger partial charge on any atom is -0.355 e. The third-order valence-corrected chi connectivity index (χ3v) is 2.46. The van der Waals surface area contributed by atoms with Crippen molar-refractivity contribution in [3.05, 3.63) is 0 Å². The molecule has 0 aliphatic carbocycles. The van der Waals surface area contributed by atoms with Crippen molar-refractivity contribution in [2.75, 3.05) is 33.7 Å². The van der Waals surface area contributed by atoms with E-state index in [4.69, 9.17) is 0 Å². The number of nitrogens with zero attached hydrogens (tertiary/aromatic N) is 1. The molecule has 86 valence electrons. The van der Waals surface area contributed by atoms with Crippen LogP contribution in [0.5, 0.6) is 0 Å². The third-order valence-electron chi connectivity index (χ3n) is 2.46. The fraction of sp³-hybridized carbons (Fsp3) is 0.800. The number of likely N-dealkylation sites (N-methyl/N-ethyl adjacent to an activating group) is 1. The van der Waals surface area contributed by atoms with Gasteiger partial charge in [0.25, 0.3) is 0 Å². The van der Waals surface area contributed by atoms with Crippen molar-refractivity contribution >= 4 is 11.8 Å². The van der Waals surface area contributed by atoms with Gasteiger partial charge in [-0.3, -0.25) is 9.59 Å². The number of hydrogen-bond acceptors (Lipinski definition) is 3. The van der Waals surface area contributed by atoms with Crippen LogP contribution in [0.3, 0.4) is 0 Å². The maximum absolute atomic E-state index is 11.6. The highest BCUT2D eigenvalue weighted by molar-refractivity contribution is 6.00. The highest BCUT2D eigenvalue weighted by Gasteiger charge is 2.28. The molecule has 0 bridgehead atoms. The van der Waals surface area contributed by atoms with Gasteiger partial charge in [0.1, 0.15) is 5.92 Å². The molecule has 15 heavy (non-hydrogen) atoms. The molecular weight excluding hydrogens is 194 g/mol. The topological polar surface area (TPSA) is 61.4 Å². The van der Waals surface area contributed by atoms with Crippen molar-refractivity contribution in [2.45, 2.75) is 12.8 Å². The molecule has 1 heterocycles. The van der Waals surface area contributed by atoms with E-state index in [9.17, 15) is 9.59 Å². The van der Waals surface area contributed by atoms with Gasteiger partial charge < -0.3 is 15.5 Å². The predicted molar refractivity (Wildman–Crippen MR) is 57.3 cm³/mol. The molecule has 0 unspecified atom stereocenters. The molecule has 1 aliphatic heterocycles. The maximum atomic E-state index is 11.6. The Morgan fingerprint density at radius 3 is 2.93 bits per heavy atom. The molecule has 1 atom stereocenters. The van der Waals surface area contributed by atoms with E-state index in [-0.39, 0.29) is 11.8 Å². The van der Waals surface area contributed by atoms with E-state index < -0.39 is 5.92 Å². The van der Waals surface area contributed by atoms with Gasteiger partial charge in [-0.05, 0) is 26.9 Å². The molecule has 5 heteroatoms. The quantitative estimate of drug-likeness (QED) is 0.600. The molecule has 1 fully saturated rings. The second kappa shape index (κ2) is 5.70. The van der Waals surface area contributed by atoms with Gasteiger partial charge in [0.15, 0.2) is 0 Å². The Morgan fingerprint density at radius 2 is 2.33 bits per heavy atom. The molecule has 0 spiro atoms. The van der Waals surface area contributed by atoms with Crippen LogP contribution in [-0.2, 0) is 9.59 Å². The van der Waals surface area contributed by atoms with Crippen LogP contribution in [0, 0.1) is 5.92 Å². The van der Waals surface area contributed by atoms with Gasteiger partial charge in [0.2, 0.25) is 11.8 Å². The first-order valence-electron chi connectivity index (χ1n) is 5.31. The fourth-order valence-corrected chi connectivity index (χ4v) is 1.55. The normalized spacial score (nSPS) is 21.3. The average Bonchev–Trinajstić information content (AvgIpc) is 2.17. The Bertz CT molecular complexity index is 241. The van der Waals surface area contributed by atoms with Crippen LogP contribution in [0.25, 0.3) is 0 Å². The summed E-state index contributed by atoms with van der Waals surface area (Å²) in [6.45, 7) is 2.08. The summed E-state index contributed by atoms with van der Waals surface area (Å²) in [6.07, 6.45) is 1.55. The fourth-order valence-electron chi connectivity index (χ4n) is 1.55. The van der Waals surface area contributed by atoms with E-state index in [0.29, 0.717) is 19.5 Å². The largest absolute Gasteiger partial charge is 0.355 e. The van der Waals surface area contributed by atoms with Gasteiger partial charge in [-0.2, -0.15) is 0 Å². The van der Waals surface area contributed by atoms with Crippen LogP contribution < -0.4 is 10.6 Å². The SMILES string of the molecule is CN(C)CCNC(=O)[C@H]1CCCNC1=O. The number of rotatable bonds is 4. The van der Waals surface area contributed by atoms with E-state index in [1.807, 2.05) is 19.0 Å². The summed E-state index contributed by atoms with van der Waals surface area (Å²) in [6, 6.07) is 0. The smallest absolute Gasteiger partial charge is 0.232 e. The first kappa shape index (κ1) is 12.0. The monoisotopic (exact) mass is 213 g/mol. The zero-order valence-electron chi connectivity index (χ0n) is 9.38. The first-order chi connectivity index (χ1) is 7.11. The van der Waals surface area contributed by atoms with Crippen LogP contribution in [0.4, 0.5) is 0 Å². The molecular formula is C10H19N3O2. The van der Waals surface area contributed by atoms with E-state index >= 15 is 0 Å².